The summed E-state index contributed by atoms with van der Waals surface area (Å²) >= 11 is 0. The highest BCUT2D eigenvalue weighted by Gasteiger charge is 2.20. The lowest BCUT2D eigenvalue weighted by molar-refractivity contribution is -0.139. The van der Waals surface area contributed by atoms with Crippen molar-refractivity contribution in [3.63, 3.8) is 0 Å². The molecule has 0 amide bonds. The van der Waals surface area contributed by atoms with Crippen LogP contribution in [0.3, 0.4) is 0 Å². The normalized spacial score (nSPS) is 14.0. The number of nitrogens with one attached hydrogen (secondary N) is 1. The SMILES string of the molecule is CCCCC(NCc1cc2c(cc1OC)OCO2)C(=O)O. The van der Waals surface area contributed by atoms with Crippen LogP contribution >= 0.6 is 0 Å². The van der Waals surface area contributed by atoms with Crippen LogP contribution < -0.4 is 19.5 Å². The zero-order valence-electron chi connectivity index (χ0n) is 12.3. The monoisotopic (exact) mass is 295 g/mol. The smallest absolute Gasteiger partial charge is 0.320 e. The van der Waals surface area contributed by atoms with Gasteiger partial charge in [-0.3, -0.25) is 4.79 Å². The minimum absolute atomic E-state index is 0.198. The molecule has 0 saturated heterocycles. The molecule has 1 aliphatic rings. The van der Waals surface area contributed by atoms with Gasteiger partial charge in [0, 0.05) is 18.2 Å². The van der Waals surface area contributed by atoms with Crippen LogP contribution in [-0.4, -0.2) is 31.0 Å². The molecule has 0 radical (unpaired) electrons. The molecule has 6 nitrogen and oxygen atoms in total. The van der Waals surface area contributed by atoms with Gasteiger partial charge in [0.1, 0.15) is 11.8 Å². The lowest BCUT2D eigenvalue weighted by Gasteiger charge is -2.16. The molecule has 2 rings (SSSR count). The van der Waals surface area contributed by atoms with E-state index in [2.05, 4.69) is 5.32 Å². The van der Waals surface area contributed by atoms with Gasteiger partial charge >= 0.3 is 5.97 Å². The number of rotatable bonds is 8. The lowest BCUT2D eigenvalue weighted by Crippen LogP contribution is -2.36. The first-order valence-corrected chi connectivity index (χ1v) is 7.08. The molecule has 2 N–H and O–H groups in total. The van der Waals surface area contributed by atoms with E-state index in [4.69, 9.17) is 14.2 Å². The van der Waals surface area contributed by atoms with Gasteiger partial charge in [0.05, 0.1) is 7.11 Å². The molecule has 0 spiro atoms. The molecule has 0 saturated carbocycles. The van der Waals surface area contributed by atoms with Crippen LogP contribution in [0.25, 0.3) is 0 Å². The Balaban J connectivity index is 2.06. The van der Waals surface area contributed by atoms with Crippen molar-refractivity contribution in [2.75, 3.05) is 13.9 Å². The van der Waals surface area contributed by atoms with Gasteiger partial charge in [-0.05, 0) is 12.5 Å². The van der Waals surface area contributed by atoms with Crippen molar-refractivity contribution < 1.29 is 24.1 Å². The molecule has 6 heteroatoms. The van der Waals surface area contributed by atoms with Crippen molar-refractivity contribution in [2.45, 2.75) is 38.8 Å². The summed E-state index contributed by atoms with van der Waals surface area (Å²) in [6.45, 7) is 2.64. The lowest BCUT2D eigenvalue weighted by atomic mass is 10.1. The van der Waals surface area contributed by atoms with Crippen molar-refractivity contribution >= 4 is 5.97 Å². The second-order valence-electron chi connectivity index (χ2n) is 4.93. The van der Waals surface area contributed by atoms with Crippen LogP contribution in [0.1, 0.15) is 31.7 Å². The first-order valence-electron chi connectivity index (χ1n) is 7.08. The average Bonchev–Trinajstić information content (AvgIpc) is 2.93. The second kappa shape index (κ2) is 7.17. The number of benzene rings is 1. The van der Waals surface area contributed by atoms with Crippen LogP contribution in [0.4, 0.5) is 0 Å². The Labute approximate surface area is 124 Å². The topological polar surface area (TPSA) is 77.0 Å². The molecule has 116 valence electrons. The Bertz CT molecular complexity index is 503. The molecule has 1 heterocycles. The van der Waals surface area contributed by atoms with Crippen LogP contribution in [0.2, 0.25) is 0 Å². The number of carbonyl (C=O) groups is 1. The summed E-state index contributed by atoms with van der Waals surface area (Å²) in [5.41, 5.74) is 0.851. The minimum Gasteiger partial charge on any atom is -0.496 e. The first-order chi connectivity index (χ1) is 10.2. The highest BCUT2D eigenvalue weighted by atomic mass is 16.7. The van der Waals surface area contributed by atoms with Crippen molar-refractivity contribution in [1.29, 1.82) is 0 Å². The largest absolute Gasteiger partial charge is 0.496 e. The van der Waals surface area contributed by atoms with Gasteiger partial charge in [0.2, 0.25) is 6.79 Å². The Kier molecular flexibility index (Phi) is 5.27. The van der Waals surface area contributed by atoms with Crippen molar-refractivity contribution in [2.24, 2.45) is 0 Å². The van der Waals surface area contributed by atoms with Gasteiger partial charge in [-0.1, -0.05) is 19.8 Å². The van der Waals surface area contributed by atoms with E-state index in [1.54, 1.807) is 13.2 Å². The number of aliphatic carboxylic acids is 1. The molecule has 1 aliphatic heterocycles. The van der Waals surface area contributed by atoms with Gasteiger partial charge < -0.3 is 24.6 Å². The standard InChI is InChI=1S/C15H21NO5/c1-3-4-5-11(15(17)18)16-8-10-6-13-14(21-9-20-13)7-12(10)19-2/h6-7,11,16H,3-5,8-9H2,1-2H3,(H,17,18). The van der Waals surface area contributed by atoms with Gasteiger partial charge in [-0.25, -0.2) is 0 Å². The number of carboxylic acids is 1. The van der Waals surface area contributed by atoms with Crippen LogP contribution in [0.15, 0.2) is 12.1 Å². The molecular weight excluding hydrogens is 274 g/mol. The number of unbranched alkanes of at least 4 members (excludes halogenated alkanes) is 1. The molecule has 0 bridgehead atoms. The Hall–Kier alpha value is -1.95. The van der Waals surface area contributed by atoms with Crippen molar-refractivity contribution in [3.8, 4) is 17.2 Å². The predicted molar refractivity (Wildman–Crippen MR) is 76.9 cm³/mol. The molecule has 0 aromatic heterocycles. The number of carboxylic acid groups (broad SMARTS) is 1. The second-order valence-corrected chi connectivity index (χ2v) is 4.93. The van der Waals surface area contributed by atoms with Gasteiger partial charge in [0.15, 0.2) is 11.5 Å². The number of ether oxygens (including phenoxy) is 3. The highest BCUT2D eigenvalue weighted by Crippen LogP contribution is 2.38. The fourth-order valence-electron chi connectivity index (χ4n) is 2.25. The quantitative estimate of drug-likeness (QED) is 0.765. The maximum Gasteiger partial charge on any atom is 0.320 e. The van der Waals surface area contributed by atoms with E-state index in [9.17, 15) is 9.90 Å². The maximum atomic E-state index is 11.2. The Morgan fingerprint density at radius 1 is 1.43 bits per heavy atom. The number of methoxy groups -OCH3 is 1. The van der Waals surface area contributed by atoms with E-state index < -0.39 is 12.0 Å². The number of fused-ring (bicyclic) bond motifs is 1. The summed E-state index contributed by atoms with van der Waals surface area (Å²) < 4.78 is 16.0. The molecule has 0 aliphatic carbocycles. The molecule has 21 heavy (non-hydrogen) atoms. The Morgan fingerprint density at radius 3 is 2.76 bits per heavy atom. The number of hydrogen-bond acceptors (Lipinski definition) is 5. The third-order valence-corrected chi connectivity index (χ3v) is 3.46. The fourth-order valence-corrected chi connectivity index (χ4v) is 2.25. The van der Waals surface area contributed by atoms with Gasteiger partial charge in [-0.15, -0.1) is 0 Å². The summed E-state index contributed by atoms with van der Waals surface area (Å²) in [6.07, 6.45) is 2.46. The molecule has 1 unspecified atom stereocenters. The predicted octanol–water partition coefficient (Wildman–Crippen LogP) is 2.16. The fraction of sp³-hybridized carbons (Fsp3) is 0.533. The molecule has 1 atom stereocenters. The Morgan fingerprint density at radius 2 is 2.14 bits per heavy atom. The molecule has 1 aromatic carbocycles. The van der Waals surface area contributed by atoms with Crippen LogP contribution in [0.5, 0.6) is 17.2 Å². The van der Waals surface area contributed by atoms with Crippen molar-refractivity contribution in [1.82, 2.24) is 5.32 Å². The summed E-state index contributed by atoms with van der Waals surface area (Å²) in [7, 11) is 1.58. The molecule has 0 fully saturated rings. The summed E-state index contributed by atoms with van der Waals surface area (Å²) in [5.74, 6) is 1.14. The molecule has 1 aromatic rings. The third-order valence-electron chi connectivity index (χ3n) is 3.46. The first kappa shape index (κ1) is 15.4. The highest BCUT2D eigenvalue weighted by molar-refractivity contribution is 5.73. The minimum atomic E-state index is -0.830. The van der Waals surface area contributed by atoms with E-state index >= 15 is 0 Å². The zero-order chi connectivity index (χ0) is 15.2. The zero-order valence-corrected chi connectivity index (χ0v) is 12.3. The summed E-state index contributed by atoms with van der Waals surface area (Å²) in [6, 6.07) is 3.04. The van der Waals surface area contributed by atoms with E-state index in [1.807, 2.05) is 13.0 Å². The van der Waals surface area contributed by atoms with Crippen LogP contribution in [0, 0.1) is 0 Å². The van der Waals surface area contributed by atoms with Crippen LogP contribution in [-0.2, 0) is 11.3 Å². The summed E-state index contributed by atoms with van der Waals surface area (Å²) in [4.78, 5) is 11.2. The van der Waals surface area contributed by atoms with E-state index in [-0.39, 0.29) is 6.79 Å². The van der Waals surface area contributed by atoms with Gasteiger partial charge in [0.25, 0.3) is 0 Å². The van der Waals surface area contributed by atoms with E-state index in [1.165, 1.54) is 0 Å². The maximum absolute atomic E-state index is 11.2. The van der Waals surface area contributed by atoms with Crippen molar-refractivity contribution in [3.05, 3.63) is 17.7 Å². The number of hydrogen-bond donors (Lipinski definition) is 2. The van der Waals surface area contributed by atoms with E-state index in [0.717, 1.165) is 18.4 Å². The van der Waals surface area contributed by atoms with E-state index in [0.29, 0.717) is 30.2 Å². The average molecular weight is 295 g/mol. The van der Waals surface area contributed by atoms with Gasteiger partial charge in [-0.2, -0.15) is 0 Å². The third kappa shape index (κ3) is 3.78. The molecular formula is C15H21NO5. The summed E-state index contributed by atoms with van der Waals surface area (Å²) in [5, 5.41) is 12.3.